The Morgan fingerprint density at radius 1 is 1.17 bits per heavy atom. The van der Waals surface area contributed by atoms with Gasteiger partial charge in [-0.3, -0.25) is 0 Å². The maximum absolute atomic E-state index is 13.6. The van der Waals surface area contributed by atoms with Gasteiger partial charge in [0.15, 0.2) is 0 Å². The summed E-state index contributed by atoms with van der Waals surface area (Å²) in [5.41, 5.74) is 0.227. The third-order valence-corrected chi connectivity index (χ3v) is 5.53. The summed E-state index contributed by atoms with van der Waals surface area (Å²) in [6.45, 7) is 5.09. The second kappa shape index (κ2) is 7.67. The highest BCUT2D eigenvalue weighted by Crippen LogP contribution is 2.38. The Balaban J connectivity index is 1.65. The average molecular weight is 403 g/mol. The van der Waals surface area contributed by atoms with E-state index >= 15 is 0 Å². The molecule has 1 saturated heterocycles. The predicted octanol–water partition coefficient (Wildman–Crippen LogP) is 4.83. The number of hydrogen-bond acceptors (Lipinski definition) is 4. The van der Waals surface area contributed by atoms with E-state index in [0.29, 0.717) is 22.9 Å². The Hall–Kier alpha value is -2.61. The number of piperidine rings is 1. The van der Waals surface area contributed by atoms with Crippen molar-refractivity contribution >= 4 is 16.9 Å². The van der Waals surface area contributed by atoms with Crippen LogP contribution in [0.2, 0.25) is 0 Å². The zero-order valence-electron chi connectivity index (χ0n) is 16.3. The summed E-state index contributed by atoms with van der Waals surface area (Å²) in [6, 6.07) is 7.78. The van der Waals surface area contributed by atoms with E-state index in [-0.39, 0.29) is 17.7 Å². The van der Waals surface area contributed by atoms with E-state index in [1.165, 1.54) is 0 Å². The third-order valence-electron chi connectivity index (χ3n) is 5.53. The van der Waals surface area contributed by atoms with Crippen molar-refractivity contribution in [2.45, 2.75) is 44.9 Å². The minimum atomic E-state index is -4.54. The number of para-hydroxylation sites is 1. The Morgan fingerprint density at radius 3 is 2.66 bits per heavy atom. The maximum atomic E-state index is 13.6. The number of alkyl halides is 3. The van der Waals surface area contributed by atoms with E-state index in [0.717, 1.165) is 31.1 Å². The van der Waals surface area contributed by atoms with Crippen molar-refractivity contribution in [2.24, 2.45) is 5.92 Å². The number of aromatic nitrogens is 3. The monoisotopic (exact) mass is 403 g/mol. The highest BCUT2D eigenvalue weighted by Gasteiger charge is 2.36. The topological polar surface area (TPSA) is 65.6 Å². The van der Waals surface area contributed by atoms with Crippen LogP contribution in [0.5, 0.6) is 0 Å². The van der Waals surface area contributed by atoms with Crippen LogP contribution in [0.25, 0.3) is 22.2 Å². The first-order valence-corrected chi connectivity index (χ1v) is 9.83. The van der Waals surface area contributed by atoms with Crippen molar-refractivity contribution in [3.05, 3.63) is 42.2 Å². The van der Waals surface area contributed by atoms with E-state index in [2.05, 4.69) is 39.4 Å². The van der Waals surface area contributed by atoms with Crippen molar-refractivity contribution < 1.29 is 13.2 Å². The molecule has 1 aliphatic rings. The minimum Gasteiger partial charge on any atom is -0.360 e. The van der Waals surface area contributed by atoms with Crippen LogP contribution in [0.15, 0.2) is 36.7 Å². The van der Waals surface area contributed by atoms with Gasteiger partial charge >= 0.3 is 6.18 Å². The fraction of sp³-hybridized carbons (Fsp3) is 0.429. The standard InChI is InChI=1S/C21H24F3N5/c1-12(2)17-8-7-13(9-25-17)28-20-27-11-16(21(22,23)24)19(29-20)15-10-26-18-6-4-3-5-14(15)18/h3-6,10-13,17,25-26H,7-9H2,1-2H3,(H,27,28,29)/t13-,17?/m0/s1. The van der Waals surface area contributed by atoms with Gasteiger partial charge in [-0.2, -0.15) is 13.2 Å². The number of fused-ring (bicyclic) bond motifs is 1. The number of halogens is 3. The van der Waals surface area contributed by atoms with Gasteiger partial charge in [0.2, 0.25) is 5.95 Å². The molecule has 0 aliphatic carbocycles. The van der Waals surface area contributed by atoms with E-state index in [9.17, 15) is 13.2 Å². The lowest BCUT2D eigenvalue weighted by Crippen LogP contribution is -2.47. The summed E-state index contributed by atoms with van der Waals surface area (Å²) < 4.78 is 40.9. The molecule has 8 heteroatoms. The molecule has 3 aromatic rings. The fourth-order valence-electron chi connectivity index (χ4n) is 3.88. The number of nitrogens with one attached hydrogen (secondary N) is 3. The zero-order chi connectivity index (χ0) is 20.6. The van der Waals surface area contributed by atoms with Crippen molar-refractivity contribution in [3.8, 4) is 11.3 Å². The number of rotatable bonds is 4. The molecule has 1 unspecified atom stereocenters. The Bertz CT molecular complexity index is 987. The number of nitrogens with zero attached hydrogens (tertiary/aromatic N) is 2. The molecule has 0 spiro atoms. The van der Waals surface area contributed by atoms with Crippen LogP contribution in [0, 0.1) is 5.92 Å². The second-order valence-corrected chi connectivity index (χ2v) is 7.88. The molecule has 3 heterocycles. The fourth-order valence-corrected chi connectivity index (χ4v) is 3.88. The highest BCUT2D eigenvalue weighted by molar-refractivity contribution is 5.95. The summed E-state index contributed by atoms with van der Waals surface area (Å²) in [5.74, 6) is 0.764. The molecule has 1 aromatic carbocycles. The smallest absolute Gasteiger partial charge is 0.360 e. The molecule has 2 atom stereocenters. The highest BCUT2D eigenvalue weighted by atomic mass is 19.4. The van der Waals surface area contributed by atoms with Gasteiger partial charge in [0.25, 0.3) is 0 Å². The van der Waals surface area contributed by atoms with Crippen molar-refractivity contribution in [1.29, 1.82) is 0 Å². The molecule has 0 amide bonds. The number of anilines is 1. The molecule has 0 saturated carbocycles. The molecule has 5 nitrogen and oxygen atoms in total. The molecule has 2 aromatic heterocycles. The Kier molecular flexibility index (Phi) is 5.21. The lowest BCUT2D eigenvalue weighted by molar-refractivity contribution is -0.137. The first-order chi connectivity index (χ1) is 13.8. The van der Waals surface area contributed by atoms with Gasteiger partial charge in [-0.05, 0) is 24.8 Å². The Morgan fingerprint density at radius 2 is 1.97 bits per heavy atom. The molecule has 0 radical (unpaired) electrons. The van der Waals surface area contributed by atoms with Crippen LogP contribution in [-0.4, -0.2) is 33.6 Å². The molecule has 1 aliphatic heterocycles. The molecule has 154 valence electrons. The van der Waals surface area contributed by atoms with Gasteiger partial charge in [0.05, 0.1) is 5.69 Å². The maximum Gasteiger partial charge on any atom is 0.419 e. The van der Waals surface area contributed by atoms with Crippen molar-refractivity contribution in [3.63, 3.8) is 0 Å². The number of H-pyrrole nitrogens is 1. The molecule has 1 fully saturated rings. The van der Waals surface area contributed by atoms with Crippen molar-refractivity contribution in [1.82, 2.24) is 20.3 Å². The largest absolute Gasteiger partial charge is 0.419 e. The van der Waals surface area contributed by atoms with Gasteiger partial charge in [0, 0.05) is 47.5 Å². The molecule has 0 bridgehead atoms. The Labute approximate surface area is 167 Å². The average Bonchev–Trinajstić information content (AvgIpc) is 3.11. The lowest BCUT2D eigenvalue weighted by atomic mass is 9.93. The number of aromatic amines is 1. The molecule has 29 heavy (non-hydrogen) atoms. The summed E-state index contributed by atoms with van der Waals surface area (Å²) in [7, 11) is 0. The first-order valence-electron chi connectivity index (χ1n) is 9.83. The van der Waals surface area contributed by atoms with Crippen molar-refractivity contribution in [2.75, 3.05) is 11.9 Å². The first kappa shape index (κ1) is 19.7. The quantitative estimate of drug-likeness (QED) is 0.584. The van der Waals surface area contributed by atoms with Gasteiger partial charge in [-0.25, -0.2) is 9.97 Å². The summed E-state index contributed by atoms with van der Waals surface area (Å²) >= 11 is 0. The summed E-state index contributed by atoms with van der Waals surface area (Å²) in [4.78, 5) is 11.3. The van der Waals surface area contributed by atoms with E-state index in [1.807, 2.05) is 12.1 Å². The van der Waals surface area contributed by atoms with Crippen LogP contribution < -0.4 is 10.6 Å². The third kappa shape index (κ3) is 4.07. The number of benzene rings is 1. The molecular weight excluding hydrogens is 379 g/mol. The van der Waals surface area contributed by atoms with E-state index < -0.39 is 11.7 Å². The summed E-state index contributed by atoms with van der Waals surface area (Å²) in [5, 5.41) is 7.39. The molecule has 4 rings (SSSR count). The van der Waals surface area contributed by atoms with Crippen LogP contribution in [0.4, 0.5) is 19.1 Å². The van der Waals surface area contributed by atoms with Crippen LogP contribution >= 0.6 is 0 Å². The predicted molar refractivity (Wildman–Crippen MR) is 108 cm³/mol. The van der Waals surface area contributed by atoms with Gasteiger partial charge in [0.1, 0.15) is 5.56 Å². The van der Waals surface area contributed by atoms with Crippen LogP contribution in [0.3, 0.4) is 0 Å². The zero-order valence-corrected chi connectivity index (χ0v) is 16.3. The van der Waals surface area contributed by atoms with Gasteiger partial charge < -0.3 is 15.6 Å². The lowest BCUT2D eigenvalue weighted by Gasteiger charge is -2.32. The number of hydrogen-bond donors (Lipinski definition) is 3. The minimum absolute atomic E-state index is 0.0811. The van der Waals surface area contributed by atoms with Gasteiger partial charge in [-0.1, -0.05) is 32.0 Å². The van der Waals surface area contributed by atoms with E-state index in [1.54, 1.807) is 18.3 Å². The van der Waals surface area contributed by atoms with E-state index in [4.69, 9.17) is 0 Å². The van der Waals surface area contributed by atoms with Crippen LogP contribution in [-0.2, 0) is 6.18 Å². The summed E-state index contributed by atoms with van der Waals surface area (Å²) in [6.07, 6.45) is -0.169. The second-order valence-electron chi connectivity index (χ2n) is 7.88. The SMILES string of the molecule is CC(C)C1CC[C@H](Nc2ncc(C(F)(F)F)c(-c3c[nH]c4ccccc34)n2)CN1. The molecular formula is C21H24F3N5. The normalized spacial score (nSPS) is 20.3. The van der Waals surface area contributed by atoms with Gasteiger partial charge in [-0.15, -0.1) is 0 Å². The molecule has 3 N–H and O–H groups in total. The van der Waals surface area contributed by atoms with Crippen LogP contribution in [0.1, 0.15) is 32.3 Å².